The molecule has 1 fully saturated rings. The molecule has 1 aromatic rings. The molecule has 17 heavy (non-hydrogen) atoms. The molecule has 1 aromatic carbocycles. The van der Waals surface area contributed by atoms with Crippen LogP contribution in [0.3, 0.4) is 0 Å². The smallest absolute Gasteiger partial charge is 0.338 e. The molecule has 0 saturated heterocycles. The van der Waals surface area contributed by atoms with Crippen molar-refractivity contribution in [1.82, 2.24) is 0 Å². The minimum atomic E-state index is -0.243. The zero-order valence-electron chi connectivity index (χ0n) is 10.2. The molecule has 0 amide bonds. The minimum absolute atomic E-state index is 0.243. The first-order valence-electron chi connectivity index (χ1n) is 6.20. The molecule has 2 rings (SSSR count). The first-order valence-corrected chi connectivity index (χ1v) is 6.20. The zero-order valence-corrected chi connectivity index (χ0v) is 10.2. The van der Waals surface area contributed by atoms with Crippen molar-refractivity contribution >= 4 is 11.7 Å². The van der Waals surface area contributed by atoms with E-state index < -0.39 is 0 Å². The van der Waals surface area contributed by atoms with Gasteiger partial charge in [-0.1, -0.05) is 19.3 Å². The van der Waals surface area contributed by atoms with E-state index >= 15 is 0 Å². The SMILES string of the molecule is Cc1cc(C(=O)OCCC2CCC2)ccc1N. The topological polar surface area (TPSA) is 52.3 Å². The maximum Gasteiger partial charge on any atom is 0.338 e. The highest BCUT2D eigenvalue weighted by Crippen LogP contribution is 2.29. The molecule has 3 heteroatoms. The average Bonchev–Trinajstić information content (AvgIpc) is 2.25. The molecule has 0 bridgehead atoms. The number of anilines is 1. The summed E-state index contributed by atoms with van der Waals surface area (Å²) in [7, 11) is 0. The fraction of sp³-hybridized carbons (Fsp3) is 0.500. The van der Waals surface area contributed by atoms with Crippen LogP contribution in [-0.4, -0.2) is 12.6 Å². The molecule has 1 aliphatic rings. The summed E-state index contributed by atoms with van der Waals surface area (Å²) in [5, 5.41) is 0. The van der Waals surface area contributed by atoms with E-state index in [0.29, 0.717) is 17.9 Å². The number of ether oxygens (including phenoxy) is 1. The minimum Gasteiger partial charge on any atom is -0.462 e. The molecular weight excluding hydrogens is 214 g/mol. The van der Waals surface area contributed by atoms with E-state index in [9.17, 15) is 4.79 Å². The van der Waals surface area contributed by atoms with E-state index in [1.54, 1.807) is 18.2 Å². The summed E-state index contributed by atoms with van der Waals surface area (Å²) in [6.07, 6.45) is 4.91. The summed E-state index contributed by atoms with van der Waals surface area (Å²) in [5.41, 5.74) is 7.91. The van der Waals surface area contributed by atoms with Crippen LogP contribution in [0.5, 0.6) is 0 Å². The Morgan fingerprint density at radius 1 is 1.47 bits per heavy atom. The summed E-state index contributed by atoms with van der Waals surface area (Å²) in [6.45, 7) is 2.42. The number of rotatable bonds is 4. The Balaban J connectivity index is 1.83. The molecule has 0 atom stereocenters. The Kier molecular flexibility index (Phi) is 3.67. The van der Waals surface area contributed by atoms with E-state index in [0.717, 1.165) is 17.9 Å². The zero-order chi connectivity index (χ0) is 12.3. The van der Waals surface area contributed by atoms with Crippen LogP contribution >= 0.6 is 0 Å². The Morgan fingerprint density at radius 3 is 2.82 bits per heavy atom. The quantitative estimate of drug-likeness (QED) is 0.642. The molecule has 0 radical (unpaired) electrons. The second-order valence-electron chi connectivity index (χ2n) is 4.79. The molecule has 0 unspecified atom stereocenters. The number of nitrogens with two attached hydrogens (primary N) is 1. The Labute approximate surface area is 102 Å². The number of carbonyl (C=O) groups excluding carboxylic acids is 1. The first kappa shape index (κ1) is 12.0. The number of esters is 1. The van der Waals surface area contributed by atoms with E-state index in [1.807, 2.05) is 6.92 Å². The van der Waals surface area contributed by atoms with Gasteiger partial charge in [-0.15, -0.1) is 0 Å². The fourth-order valence-corrected chi connectivity index (χ4v) is 1.99. The van der Waals surface area contributed by atoms with Crippen molar-refractivity contribution in [2.24, 2.45) is 5.92 Å². The molecule has 1 saturated carbocycles. The van der Waals surface area contributed by atoms with Gasteiger partial charge in [-0.3, -0.25) is 0 Å². The number of hydrogen-bond acceptors (Lipinski definition) is 3. The van der Waals surface area contributed by atoms with Gasteiger partial charge in [0, 0.05) is 5.69 Å². The Bertz CT molecular complexity index is 411. The van der Waals surface area contributed by atoms with Gasteiger partial charge in [0.2, 0.25) is 0 Å². The van der Waals surface area contributed by atoms with Gasteiger partial charge < -0.3 is 10.5 Å². The van der Waals surface area contributed by atoms with Crippen LogP contribution in [0.4, 0.5) is 5.69 Å². The third-order valence-corrected chi connectivity index (χ3v) is 3.49. The van der Waals surface area contributed by atoms with Crippen LogP contribution in [0.25, 0.3) is 0 Å². The molecular formula is C14H19NO2. The molecule has 0 heterocycles. The van der Waals surface area contributed by atoms with Crippen LogP contribution in [0.1, 0.15) is 41.6 Å². The van der Waals surface area contributed by atoms with Gasteiger partial charge in [-0.25, -0.2) is 4.79 Å². The van der Waals surface area contributed by atoms with Crippen LogP contribution in [0, 0.1) is 12.8 Å². The lowest BCUT2D eigenvalue weighted by Gasteiger charge is -2.24. The molecule has 0 aromatic heterocycles. The highest BCUT2D eigenvalue weighted by atomic mass is 16.5. The standard InChI is InChI=1S/C14H19NO2/c1-10-9-12(5-6-13(10)15)14(16)17-8-7-11-3-2-4-11/h5-6,9,11H,2-4,7-8,15H2,1H3. The maximum atomic E-state index is 11.7. The lowest BCUT2D eigenvalue weighted by atomic mass is 9.83. The van der Waals surface area contributed by atoms with Crippen LogP contribution in [0.2, 0.25) is 0 Å². The summed E-state index contributed by atoms with van der Waals surface area (Å²) >= 11 is 0. The van der Waals surface area contributed by atoms with Crippen LogP contribution in [-0.2, 0) is 4.74 Å². The highest BCUT2D eigenvalue weighted by molar-refractivity contribution is 5.90. The first-order chi connectivity index (χ1) is 8.16. The predicted octanol–water partition coefficient (Wildman–Crippen LogP) is 2.92. The molecule has 0 spiro atoms. The second-order valence-corrected chi connectivity index (χ2v) is 4.79. The van der Waals surface area contributed by atoms with Gasteiger partial charge in [0.25, 0.3) is 0 Å². The number of hydrogen-bond donors (Lipinski definition) is 1. The lowest BCUT2D eigenvalue weighted by Crippen LogP contribution is -2.15. The average molecular weight is 233 g/mol. The van der Waals surface area contributed by atoms with Crippen LogP contribution in [0.15, 0.2) is 18.2 Å². The fourth-order valence-electron chi connectivity index (χ4n) is 1.99. The number of aryl methyl sites for hydroxylation is 1. The van der Waals surface area contributed by atoms with Crippen LogP contribution < -0.4 is 5.73 Å². The molecule has 0 aliphatic heterocycles. The van der Waals surface area contributed by atoms with Gasteiger partial charge in [0.15, 0.2) is 0 Å². The second kappa shape index (κ2) is 5.21. The van der Waals surface area contributed by atoms with Crippen molar-refractivity contribution in [2.45, 2.75) is 32.6 Å². The van der Waals surface area contributed by atoms with Crippen molar-refractivity contribution in [3.63, 3.8) is 0 Å². The number of carbonyl (C=O) groups is 1. The van der Waals surface area contributed by atoms with Gasteiger partial charge in [0.05, 0.1) is 12.2 Å². The van der Waals surface area contributed by atoms with E-state index in [2.05, 4.69) is 0 Å². The van der Waals surface area contributed by atoms with Crippen molar-refractivity contribution in [1.29, 1.82) is 0 Å². The van der Waals surface area contributed by atoms with E-state index in [1.165, 1.54) is 19.3 Å². The van der Waals surface area contributed by atoms with Crippen molar-refractivity contribution in [3.05, 3.63) is 29.3 Å². The predicted molar refractivity (Wildman–Crippen MR) is 67.8 cm³/mol. The molecule has 1 aliphatic carbocycles. The lowest BCUT2D eigenvalue weighted by molar-refractivity contribution is 0.0464. The highest BCUT2D eigenvalue weighted by Gasteiger charge is 2.17. The van der Waals surface area contributed by atoms with Crippen molar-refractivity contribution in [3.8, 4) is 0 Å². The number of nitrogen functional groups attached to an aromatic ring is 1. The van der Waals surface area contributed by atoms with Crippen molar-refractivity contribution < 1.29 is 9.53 Å². The molecule has 2 N–H and O–H groups in total. The van der Waals surface area contributed by atoms with Gasteiger partial charge >= 0.3 is 5.97 Å². The maximum absolute atomic E-state index is 11.7. The summed E-state index contributed by atoms with van der Waals surface area (Å²) in [6, 6.07) is 5.24. The van der Waals surface area contributed by atoms with Gasteiger partial charge in [0.1, 0.15) is 0 Å². The summed E-state index contributed by atoms with van der Waals surface area (Å²) < 4.78 is 5.25. The summed E-state index contributed by atoms with van der Waals surface area (Å²) in [4.78, 5) is 11.7. The largest absolute Gasteiger partial charge is 0.462 e. The van der Waals surface area contributed by atoms with E-state index in [4.69, 9.17) is 10.5 Å². The monoisotopic (exact) mass is 233 g/mol. The summed E-state index contributed by atoms with van der Waals surface area (Å²) in [5.74, 6) is 0.531. The third-order valence-electron chi connectivity index (χ3n) is 3.49. The van der Waals surface area contributed by atoms with Gasteiger partial charge in [-0.2, -0.15) is 0 Å². The third kappa shape index (κ3) is 2.99. The van der Waals surface area contributed by atoms with E-state index in [-0.39, 0.29) is 5.97 Å². The molecule has 92 valence electrons. The number of benzene rings is 1. The molecule has 3 nitrogen and oxygen atoms in total. The Hall–Kier alpha value is -1.51. The van der Waals surface area contributed by atoms with Crippen molar-refractivity contribution in [2.75, 3.05) is 12.3 Å². The Morgan fingerprint density at radius 2 is 2.24 bits per heavy atom. The van der Waals surface area contributed by atoms with Gasteiger partial charge in [-0.05, 0) is 43.0 Å². The normalized spacial score (nSPS) is 15.4.